The van der Waals surface area contributed by atoms with E-state index in [1.54, 1.807) is 0 Å². The first-order valence-corrected chi connectivity index (χ1v) is 4.93. The first kappa shape index (κ1) is 13.2. The lowest BCUT2D eigenvalue weighted by molar-refractivity contribution is -0.183. The Labute approximate surface area is 91.5 Å². The van der Waals surface area contributed by atoms with Crippen molar-refractivity contribution in [1.29, 1.82) is 0 Å². The Kier molecular flexibility index (Phi) is 4.15. The van der Waals surface area contributed by atoms with Gasteiger partial charge in [0.25, 0.3) is 0 Å². The van der Waals surface area contributed by atoms with Crippen molar-refractivity contribution in [1.82, 2.24) is 4.90 Å². The van der Waals surface area contributed by atoms with Crippen LogP contribution in [0.25, 0.3) is 0 Å². The molecule has 0 spiro atoms. The molecule has 94 valence electrons. The van der Waals surface area contributed by atoms with Gasteiger partial charge in [0.15, 0.2) is 0 Å². The Morgan fingerprint density at radius 1 is 1.50 bits per heavy atom. The van der Waals surface area contributed by atoms with Gasteiger partial charge >= 0.3 is 6.18 Å². The molecular weight excluding hydrogens is 225 g/mol. The average Bonchev–Trinajstić information content (AvgIpc) is 2.61. The Morgan fingerprint density at radius 3 is 2.56 bits per heavy atom. The van der Waals surface area contributed by atoms with Gasteiger partial charge < -0.3 is 15.4 Å². The number of nitrogens with zero attached hydrogens (tertiary/aromatic N) is 1. The quantitative estimate of drug-likeness (QED) is 0.768. The van der Waals surface area contributed by atoms with Crippen LogP contribution >= 0.6 is 0 Å². The minimum Gasteiger partial charge on any atom is -0.384 e. The predicted octanol–water partition coefficient (Wildman–Crippen LogP) is 0.228. The number of nitrogens with two attached hydrogens (primary N) is 1. The van der Waals surface area contributed by atoms with E-state index in [2.05, 4.69) is 0 Å². The van der Waals surface area contributed by atoms with E-state index in [9.17, 15) is 18.0 Å². The van der Waals surface area contributed by atoms with Crippen molar-refractivity contribution in [3.05, 3.63) is 0 Å². The summed E-state index contributed by atoms with van der Waals surface area (Å²) < 4.78 is 42.7. The topological polar surface area (TPSA) is 55.6 Å². The molecule has 0 aromatic carbocycles. The van der Waals surface area contributed by atoms with Crippen LogP contribution in [0, 0.1) is 11.8 Å². The second-order valence-electron chi connectivity index (χ2n) is 3.87. The van der Waals surface area contributed by atoms with Crippen molar-refractivity contribution in [2.75, 3.05) is 33.4 Å². The van der Waals surface area contributed by atoms with E-state index < -0.39 is 23.9 Å². The van der Waals surface area contributed by atoms with E-state index >= 15 is 0 Å². The van der Waals surface area contributed by atoms with E-state index in [-0.39, 0.29) is 26.2 Å². The number of hydrogen-bond acceptors (Lipinski definition) is 3. The summed E-state index contributed by atoms with van der Waals surface area (Å²) in [4.78, 5) is 12.4. The van der Waals surface area contributed by atoms with Crippen LogP contribution in [0.15, 0.2) is 0 Å². The van der Waals surface area contributed by atoms with Crippen LogP contribution in [0.1, 0.15) is 0 Å². The first-order chi connectivity index (χ1) is 7.40. The molecule has 2 N–H and O–H groups in total. The van der Waals surface area contributed by atoms with Gasteiger partial charge in [0.2, 0.25) is 5.91 Å². The molecule has 1 aliphatic heterocycles. The molecule has 2 atom stereocenters. The van der Waals surface area contributed by atoms with Gasteiger partial charge in [-0.2, -0.15) is 13.2 Å². The van der Waals surface area contributed by atoms with Gasteiger partial charge in [-0.3, -0.25) is 4.79 Å². The molecule has 1 heterocycles. The minimum absolute atomic E-state index is 0.00146. The van der Waals surface area contributed by atoms with Crippen LogP contribution in [-0.2, 0) is 9.53 Å². The third-order valence-corrected chi connectivity index (χ3v) is 2.77. The molecule has 1 aliphatic rings. The minimum atomic E-state index is -4.30. The lowest BCUT2D eigenvalue weighted by Gasteiger charge is -2.19. The van der Waals surface area contributed by atoms with E-state index in [1.807, 2.05) is 0 Å². The Bertz CT molecular complexity index is 258. The summed E-state index contributed by atoms with van der Waals surface area (Å²) in [6.07, 6.45) is -4.30. The zero-order chi connectivity index (χ0) is 12.3. The Balaban J connectivity index is 2.72. The maximum Gasteiger partial charge on any atom is 0.393 e. The van der Waals surface area contributed by atoms with Crippen molar-refractivity contribution in [3.63, 3.8) is 0 Å². The summed E-state index contributed by atoms with van der Waals surface area (Å²) in [6, 6.07) is 0. The van der Waals surface area contributed by atoms with Crippen LogP contribution in [0.4, 0.5) is 13.2 Å². The van der Waals surface area contributed by atoms with E-state index in [1.165, 1.54) is 7.11 Å². The van der Waals surface area contributed by atoms with Gasteiger partial charge in [0.1, 0.15) is 0 Å². The SMILES string of the molecule is COCC1CN(C(=O)CN)CC1C(F)(F)F. The number of carbonyl (C=O) groups excluding carboxylic acids is 1. The van der Waals surface area contributed by atoms with Gasteiger partial charge in [-0.1, -0.05) is 0 Å². The fraction of sp³-hybridized carbons (Fsp3) is 0.889. The zero-order valence-corrected chi connectivity index (χ0v) is 8.96. The van der Waals surface area contributed by atoms with Crippen molar-refractivity contribution < 1.29 is 22.7 Å². The highest BCUT2D eigenvalue weighted by atomic mass is 19.4. The summed E-state index contributed by atoms with van der Waals surface area (Å²) in [6.45, 7) is -0.510. The molecule has 0 radical (unpaired) electrons. The summed E-state index contributed by atoms with van der Waals surface area (Å²) in [5, 5.41) is 0. The Morgan fingerprint density at radius 2 is 2.12 bits per heavy atom. The number of likely N-dealkylation sites (tertiary alicyclic amines) is 1. The molecular formula is C9H15F3N2O2. The van der Waals surface area contributed by atoms with Gasteiger partial charge in [-0.25, -0.2) is 0 Å². The monoisotopic (exact) mass is 240 g/mol. The molecule has 1 rings (SSSR count). The second kappa shape index (κ2) is 5.01. The molecule has 4 nitrogen and oxygen atoms in total. The average molecular weight is 240 g/mol. The molecule has 1 fully saturated rings. The highest BCUT2D eigenvalue weighted by Gasteiger charge is 2.50. The first-order valence-electron chi connectivity index (χ1n) is 4.93. The molecule has 0 aliphatic carbocycles. The van der Waals surface area contributed by atoms with E-state index in [4.69, 9.17) is 10.5 Å². The summed E-state index contributed by atoms with van der Waals surface area (Å²) in [5.74, 6) is -2.66. The van der Waals surface area contributed by atoms with E-state index in [0.717, 1.165) is 4.90 Å². The van der Waals surface area contributed by atoms with Gasteiger partial charge in [0.05, 0.1) is 19.1 Å². The number of rotatable bonds is 3. The zero-order valence-electron chi connectivity index (χ0n) is 8.96. The lowest BCUT2D eigenvalue weighted by Crippen LogP contribution is -2.35. The number of hydrogen-bond donors (Lipinski definition) is 1. The summed E-state index contributed by atoms with van der Waals surface area (Å²) in [5.41, 5.74) is 5.12. The molecule has 1 amide bonds. The molecule has 2 unspecified atom stereocenters. The molecule has 16 heavy (non-hydrogen) atoms. The fourth-order valence-electron chi connectivity index (χ4n) is 1.96. The Hall–Kier alpha value is -0.820. The molecule has 0 saturated carbocycles. The van der Waals surface area contributed by atoms with Crippen LogP contribution in [0.2, 0.25) is 0 Å². The number of amides is 1. The van der Waals surface area contributed by atoms with Crippen LogP contribution in [0.5, 0.6) is 0 Å². The molecule has 0 aromatic rings. The number of methoxy groups -OCH3 is 1. The standard InChI is InChI=1S/C9H15F3N2O2/c1-16-5-6-3-14(8(15)2-13)4-7(6)9(10,11)12/h6-7H,2-5,13H2,1H3. The lowest BCUT2D eigenvalue weighted by atomic mass is 9.96. The molecule has 0 bridgehead atoms. The van der Waals surface area contributed by atoms with Gasteiger partial charge in [0, 0.05) is 26.1 Å². The molecule has 7 heteroatoms. The third kappa shape index (κ3) is 2.85. The number of carbonyl (C=O) groups is 1. The maximum atomic E-state index is 12.7. The normalized spacial score (nSPS) is 26.2. The predicted molar refractivity (Wildman–Crippen MR) is 50.5 cm³/mol. The summed E-state index contributed by atoms with van der Waals surface area (Å²) in [7, 11) is 1.35. The molecule has 1 saturated heterocycles. The van der Waals surface area contributed by atoms with Crippen molar-refractivity contribution in [2.24, 2.45) is 17.6 Å². The number of alkyl halides is 3. The van der Waals surface area contributed by atoms with Crippen LogP contribution < -0.4 is 5.73 Å². The maximum absolute atomic E-state index is 12.7. The third-order valence-electron chi connectivity index (χ3n) is 2.77. The van der Waals surface area contributed by atoms with Gasteiger partial charge in [-0.15, -0.1) is 0 Å². The molecule has 0 aromatic heterocycles. The van der Waals surface area contributed by atoms with Gasteiger partial charge in [-0.05, 0) is 0 Å². The smallest absolute Gasteiger partial charge is 0.384 e. The van der Waals surface area contributed by atoms with Crippen LogP contribution in [0.3, 0.4) is 0 Å². The summed E-state index contributed by atoms with van der Waals surface area (Å²) >= 11 is 0. The fourth-order valence-corrected chi connectivity index (χ4v) is 1.96. The number of ether oxygens (including phenoxy) is 1. The highest BCUT2D eigenvalue weighted by Crippen LogP contribution is 2.37. The van der Waals surface area contributed by atoms with Crippen LogP contribution in [-0.4, -0.2) is 50.3 Å². The van der Waals surface area contributed by atoms with E-state index in [0.29, 0.717) is 0 Å². The van der Waals surface area contributed by atoms with Crippen molar-refractivity contribution in [3.8, 4) is 0 Å². The van der Waals surface area contributed by atoms with Crippen molar-refractivity contribution in [2.45, 2.75) is 6.18 Å². The highest BCUT2D eigenvalue weighted by molar-refractivity contribution is 5.78. The van der Waals surface area contributed by atoms with Crippen molar-refractivity contribution >= 4 is 5.91 Å². The largest absolute Gasteiger partial charge is 0.393 e. The second-order valence-corrected chi connectivity index (χ2v) is 3.87. The number of halogens is 3.